The SMILES string of the molecule is COC(=O)[C@H]1CN(C(=O)OC)CC[C@@H]1c1ccc(F)cc1. The van der Waals surface area contributed by atoms with Crippen molar-refractivity contribution < 1.29 is 23.5 Å². The Morgan fingerprint density at radius 1 is 1.19 bits per heavy atom. The molecule has 6 heteroatoms. The van der Waals surface area contributed by atoms with E-state index in [-0.39, 0.29) is 24.2 Å². The molecule has 5 nitrogen and oxygen atoms in total. The van der Waals surface area contributed by atoms with Crippen LogP contribution in [0.3, 0.4) is 0 Å². The Morgan fingerprint density at radius 3 is 2.43 bits per heavy atom. The van der Waals surface area contributed by atoms with Crippen molar-refractivity contribution in [3.05, 3.63) is 35.6 Å². The Labute approximate surface area is 122 Å². The molecular formula is C15H18FNO4. The van der Waals surface area contributed by atoms with Gasteiger partial charge in [0.25, 0.3) is 0 Å². The van der Waals surface area contributed by atoms with E-state index in [2.05, 4.69) is 0 Å². The molecule has 1 saturated heterocycles. The maximum atomic E-state index is 13.0. The Balaban J connectivity index is 2.22. The van der Waals surface area contributed by atoms with Crippen LogP contribution in [-0.2, 0) is 14.3 Å². The summed E-state index contributed by atoms with van der Waals surface area (Å²) in [6.07, 6.45) is 0.141. The Hall–Kier alpha value is -2.11. The Kier molecular flexibility index (Phi) is 4.77. The summed E-state index contributed by atoms with van der Waals surface area (Å²) >= 11 is 0. The molecule has 0 unspecified atom stereocenters. The highest BCUT2D eigenvalue weighted by atomic mass is 19.1. The summed E-state index contributed by atoms with van der Waals surface area (Å²) in [6, 6.07) is 6.08. The molecule has 0 radical (unpaired) electrons. The van der Waals surface area contributed by atoms with Gasteiger partial charge in [0, 0.05) is 19.0 Å². The molecule has 0 saturated carbocycles. The molecule has 2 atom stereocenters. The van der Waals surface area contributed by atoms with Crippen LogP contribution in [0.1, 0.15) is 17.9 Å². The molecular weight excluding hydrogens is 277 g/mol. The first-order valence-electron chi connectivity index (χ1n) is 6.73. The van der Waals surface area contributed by atoms with Crippen molar-refractivity contribution in [3.63, 3.8) is 0 Å². The minimum Gasteiger partial charge on any atom is -0.469 e. The first kappa shape index (κ1) is 15.3. The smallest absolute Gasteiger partial charge is 0.409 e. The van der Waals surface area contributed by atoms with E-state index >= 15 is 0 Å². The Morgan fingerprint density at radius 2 is 1.86 bits per heavy atom. The number of likely N-dealkylation sites (tertiary alicyclic amines) is 1. The summed E-state index contributed by atoms with van der Waals surface area (Å²) in [5, 5.41) is 0. The molecule has 0 aromatic heterocycles. The van der Waals surface area contributed by atoms with Gasteiger partial charge in [-0.3, -0.25) is 4.79 Å². The second kappa shape index (κ2) is 6.56. The molecule has 114 valence electrons. The molecule has 0 N–H and O–H groups in total. The van der Waals surface area contributed by atoms with Crippen LogP contribution in [0.15, 0.2) is 24.3 Å². The van der Waals surface area contributed by atoms with Gasteiger partial charge in [-0.05, 0) is 24.1 Å². The second-order valence-corrected chi connectivity index (χ2v) is 4.99. The van der Waals surface area contributed by atoms with Crippen LogP contribution >= 0.6 is 0 Å². The molecule has 21 heavy (non-hydrogen) atoms. The van der Waals surface area contributed by atoms with E-state index in [1.54, 1.807) is 12.1 Å². The number of carbonyl (C=O) groups excluding carboxylic acids is 2. The highest BCUT2D eigenvalue weighted by Crippen LogP contribution is 2.34. The number of esters is 1. The van der Waals surface area contributed by atoms with E-state index in [4.69, 9.17) is 9.47 Å². The topological polar surface area (TPSA) is 55.8 Å². The van der Waals surface area contributed by atoms with Crippen molar-refractivity contribution >= 4 is 12.1 Å². The predicted octanol–water partition coefficient (Wildman–Crippen LogP) is 2.17. The van der Waals surface area contributed by atoms with E-state index in [0.717, 1.165) is 5.56 Å². The number of hydrogen-bond acceptors (Lipinski definition) is 4. The molecule has 1 aromatic carbocycles. The lowest BCUT2D eigenvalue weighted by Gasteiger charge is -2.36. The van der Waals surface area contributed by atoms with E-state index in [0.29, 0.717) is 13.0 Å². The molecule has 2 rings (SSSR count). The van der Waals surface area contributed by atoms with Crippen molar-refractivity contribution in [1.29, 1.82) is 0 Å². The molecule has 1 fully saturated rings. The van der Waals surface area contributed by atoms with Crippen molar-refractivity contribution in [1.82, 2.24) is 4.90 Å². The predicted molar refractivity (Wildman–Crippen MR) is 73.2 cm³/mol. The van der Waals surface area contributed by atoms with Gasteiger partial charge in [-0.1, -0.05) is 12.1 Å². The number of rotatable bonds is 2. The fraction of sp³-hybridized carbons (Fsp3) is 0.467. The highest BCUT2D eigenvalue weighted by molar-refractivity contribution is 5.76. The van der Waals surface area contributed by atoms with Crippen LogP contribution in [0.4, 0.5) is 9.18 Å². The van der Waals surface area contributed by atoms with Crippen LogP contribution in [0.25, 0.3) is 0 Å². The van der Waals surface area contributed by atoms with Crippen molar-refractivity contribution in [3.8, 4) is 0 Å². The quantitative estimate of drug-likeness (QED) is 0.785. The molecule has 1 heterocycles. The van der Waals surface area contributed by atoms with Crippen molar-refractivity contribution in [2.75, 3.05) is 27.3 Å². The molecule has 1 amide bonds. The van der Waals surface area contributed by atoms with Gasteiger partial charge < -0.3 is 14.4 Å². The summed E-state index contributed by atoms with van der Waals surface area (Å²) in [5.41, 5.74) is 0.872. The molecule has 0 bridgehead atoms. The van der Waals surface area contributed by atoms with Gasteiger partial charge in [-0.2, -0.15) is 0 Å². The van der Waals surface area contributed by atoms with Gasteiger partial charge in [-0.25, -0.2) is 9.18 Å². The fourth-order valence-corrected chi connectivity index (χ4v) is 2.75. The third kappa shape index (κ3) is 3.32. The average Bonchev–Trinajstić information content (AvgIpc) is 2.53. The van der Waals surface area contributed by atoms with E-state index in [1.165, 1.54) is 31.3 Å². The number of methoxy groups -OCH3 is 2. The lowest BCUT2D eigenvalue weighted by Crippen LogP contribution is -2.46. The fourth-order valence-electron chi connectivity index (χ4n) is 2.75. The van der Waals surface area contributed by atoms with Crippen LogP contribution in [0, 0.1) is 11.7 Å². The maximum absolute atomic E-state index is 13.0. The van der Waals surface area contributed by atoms with Gasteiger partial charge >= 0.3 is 12.1 Å². The summed E-state index contributed by atoms with van der Waals surface area (Å²) < 4.78 is 22.6. The standard InChI is InChI=1S/C15H18FNO4/c1-20-14(18)13-9-17(15(19)21-2)8-7-12(13)10-3-5-11(16)6-4-10/h3-6,12-13H,7-9H2,1-2H3/t12-,13+/m1/s1. The maximum Gasteiger partial charge on any atom is 0.409 e. The summed E-state index contributed by atoms with van der Waals surface area (Å²) in [6.45, 7) is 0.726. The largest absolute Gasteiger partial charge is 0.469 e. The normalized spacial score (nSPS) is 21.8. The third-order valence-electron chi connectivity index (χ3n) is 3.85. The van der Waals surface area contributed by atoms with Crippen LogP contribution in [-0.4, -0.2) is 44.3 Å². The first-order chi connectivity index (χ1) is 10.1. The van der Waals surface area contributed by atoms with E-state index in [9.17, 15) is 14.0 Å². The summed E-state index contributed by atoms with van der Waals surface area (Å²) in [7, 11) is 2.63. The van der Waals surface area contributed by atoms with E-state index in [1.807, 2.05) is 0 Å². The van der Waals surface area contributed by atoms with Gasteiger partial charge in [-0.15, -0.1) is 0 Å². The zero-order valence-corrected chi connectivity index (χ0v) is 12.0. The van der Waals surface area contributed by atoms with Crippen LogP contribution in [0.5, 0.6) is 0 Å². The Bertz CT molecular complexity index is 517. The van der Waals surface area contributed by atoms with Crippen LogP contribution < -0.4 is 0 Å². The van der Waals surface area contributed by atoms with Gasteiger partial charge in [0.1, 0.15) is 5.82 Å². The first-order valence-corrected chi connectivity index (χ1v) is 6.73. The monoisotopic (exact) mass is 295 g/mol. The molecule has 0 aliphatic carbocycles. The van der Waals surface area contributed by atoms with Gasteiger partial charge in [0.05, 0.1) is 20.1 Å². The minimum atomic E-state index is -0.478. The highest BCUT2D eigenvalue weighted by Gasteiger charge is 2.37. The second-order valence-electron chi connectivity index (χ2n) is 4.99. The van der Waals surface area contributed by atoms with Crippen molar-refractivity contribution in [2.24, 2.45) is 5.92 Å². The summed E-state index contributed by atoms with van der Waals surface area (Å²) in [5.74, 6) is -1.27. The van der Waals surface area contributed by atoms with Crippen LogP contribution in [0.2, 0.25) is 0 Å². The average molecular weight is 295 g/mol. The number of amides is 1. The molecule has 1 aliphatic rings. The van der Waals surface area contributed by atoms with Gasteiger partial charge in [0.15, 0.2) is 0 Å². The molecule has 1 aromatic rings. The minimum absolute atomic E-state index is 0.0982. The van der Waals surface area contributed by atoms with Gasteiger partial charge in [0.2, 0.25) is 0 Å². The lowest BCUT2D eigenvalue weighted by atomic mass is 9.80. The number of carbonyl (C=O) groups is 2. The zero-order chi connectivity index (χ0) is 15.4. The number of ether oxygens (including phenoxy) is 2. The zero-order valence-electron chi connectivity index (χ0n) is 12.0. The number of benzene rings is 1. The lowest BCUT2D eigenvalue weighted by molar-refractivity contribution is -0.147. The number of hydrogen-bond donors (Lipinski definition) is 0. The number of nitrogens with zero attached hydrogens (tertiary/aromatic N) is 1. The number of halogens is 1. The third-order valence-corrected chi connectivity index (χ3v) is 3.85. The molecule has 0 spiro atoms. The van der Waals surface area contributed by atoms with Crippen molar-refractivity contribution in [2.45, 2.75) is 12.3 Å². The van der Waals surface area contributed by atoms with E-state index < -0.39 is 12.0 Å². The number of piperidine rings is 1. The molecule has 1 aliphatic heterocycles. The summed E-state index contributed by atoms with van der Waals surface area (Å²) in [4.78, 5) is 25.1.